The molecular weight excluding hydrogens is 602 g/mol. The number of sulfonamides is 1. The third-order valence-corrected chi connectivity index (χ3v) is 14.2. The Kier molecular flexibility index (Phi) is 11.6. The first-order valence-electron chi connectivity index (χ1n) is 14.1. The van der Waals surface area contributed by atoms with Crippen LogP contribution in [0, 0.1) is 11.8 Å². The highest BCUT2D eigenvalue weighted by Gasteiger charge is 2.61. The number of carbonyl (C=O) groups is 3. The number of hydrogen-bond acceptors (Lipinski definition) is 10. The smallest absolute Gasteiger partial charge is 0.411 e. The van der Waals surface area contributed by atoms with Crippen molar-refractivity contribution >= 4 is 59.2 Å². The second-order valence-corrected chi connectivity index (χ2v) is 18.2. The molecule has 6 atom stereocenters. The molecule has 2 radical (unpaired) electrons. The van der Waals surface area contributed by atoms with E-state index in [0.717, 1.165) is 30.0 Å². The Hall–Kier alpha value is -2.04. The summed E-state index contributed by atoms with van der Waals surface area (Å²) in [5, 5.41) is 11.1. The maximum atomic E-state index is 13.6. The van der Waals surface area contributed by atoms with Crippen molar-refractivity contribution in [3.8, 4) is 0 Å². The zero-order valence-corrected chi connectivity index (χ0v) is 27.8. The Labute approximate surface area is 251 Å². The average Bonchev–Trinajstić information content (AvgIpc) is 3.44. The lowest BCUT2D eigenvalue weighted by Crippen LogP contribution is -2.65. The molecule has 14 nitrogen and oxygen atoms in total. The molecule has 234 valence electrons. The van der Waals surface area contributed by atoms with Gasteiger partial charge in [0.25, 0.3) is 0 Å². The van der Waals surface area contributed by atoms with Gasteiger partial charge < -0.3 is 24.0 Å². The van der Waals surface area contributed by atoms with Gasteiger partial charge in [-0.05, 0) is 37.0 Å². The van der Waals surface area contributed by atoms with Gasteiger partial charge in [-0.3, -0.25) is 19.7 Å². The number of rotatable bonds is 13. The number of carboxylic acid groups (broad SMARTS) is 1. The summed E-state index contributed by atoms with van der Waals surface area (Å²) < 4.78 is 37.4. The maximum absolute atomic E-state index is 13.6. The minimum atomic E-state index is -3.75. The van der Waals surface area contributed by atoms with Gasteiger partial charge in [0.15, 0.2) is 16.3 Å². The number of carbonyl (C=O) groups excluding carboxylic acids is 2. The van der Waals surface area contributed by atoms with E-state index in [0.29, 0.717) is 26.1 Å². The van der Waals surface area contributed by atoms with E-state index in [1.54, 1.807) is 4.90 Å². The van der Waals surface area contributed by atoms with Crippen LogP contribution in [0.25, 0.3) is 0 Å². The Bertz CT molecular complexity index is 1210. The number of nitrogens with zero attached hydrogens (tertiary/aromatic N) is 3. The largest absolute Gasteiger partial charge is 0.465 e. The molecular formula is C24H42BN6O8PSSi. The van der Waals surface area contributed by atoms with Crippen molar-refractivity contribution in [2.45, 2.75) is 77.4 Å². The second kappa shape index (κ2) is 14.2. The Morgan fingerprint density at radius 3 is 2.45 bits per heavy atom. The molecule has 3 aliphatic heterocycles. The van der Waals surface area contributed by atoms with Crippen molar-refractivity contribution in [2.24, 2.45) is 16.8 Å². The van der Waals surface area contributed by atoms with E-state index < -0.39 is 45.4 Å². The molecule has 2 saturated heterocycles. The van der Waals surface area contributed by atoms with Crippen LogP contribution >= 0.6 is 8.96 Å². The number of hydrogen-bond donors (Lipinski definition) is 4. The molecule has 18 heteroatoms. The first-order valence-corrected chi connectivity index (χ1v) is 19.5. The van der Waals surface area contributed by atoms with Gasteiger partial charge in [0.05, 0.1) is 30.4 Å². The fourth-order valence-corrected chi connectivity index (χ4v) is 9.91. The van der Waals surface area contributed by atoms with E-state index in [2.05, 4.69) is 35.5 Å². The van der Waals surface area contributed by atoms with Crippen molar-refractivity contribution in [3.63, 3.8) is 0 Å². The van der Waals surface area contributed by atoms with Crippen LogP contribution in [0.2, 0.25) is 18.1 Å². The molecule has 0 aromatic rings. The number of guanidine groups is 1. The minimum absolute atomic E-state index is 0.143. The van der Waals surface area contributed by atoms with Crippen LogP contribution in [0.3, 0.4) is 0 Å². The highest BCUT2D eigenvalue weighted by Crippen LogP contribution is 2.49. The minimum Gasteiger partial charge on any atom is -0.465 e. The quantitative estimate of drug-likeness (QED) is 0.0746. The molecule has 0 aliphatic carbocycles. The molecule has 0 aromatic carbocycles. The van der Waals surface area contributed by atoms with Crippen molar-refractivity contribution in [3.05, 3.63) is 11.3 Å². The first-order chi connectivity index (χ1) is 19.7. The van der Waals surface area contributed by atoms with Crippen molar-refractivity contribution in [1.82, 2.24) is 24.8 Å². The standard InChI is InChI=1S/C24H42BN6O8PSSi/c1-7-42(8-2,9-3)39-15(5)18-19-14(4)17(20(31(19)21(18)32)22(33)38-40-29-25)13-30-11-10-16(12-30)26-23(27-24(34)35)28-41(6,36)37/h14-16,18-19,29,40H,7-13H2,1-6H3,(H,34,35)(H2,26,27,28)/t14-,15+,16-,18?,19+/m0/s1. The molecule has 2 fully saturated rings. The van der Waals surface area contributed by atoms with Crippen LogP contribution in [0.1, 0.15) is 41.0 Å². The number of β-lactam (4-membered cyclic amide) rings is 1. The van der Waals surface area contributed by atoms with Crippen LogP contribution in [0.15, 0.2) is 16.3 Å². The second-order valence-electron chi connectivity index (χ2n) is 11.0. The van der Waals surface area contributed by atoms with Gasteiger partial charge in [0.1, 0.15) is 14.7 Å². The third kappa shape index (κ3) is 7.72. The Morgan fingerprint density at radius 2 is 1.90 bits per heavy atom. The summed E-state index contributed by atoms with van der Waals surface area (Å²) in [5.74, 6) is -1.68. The molecule has 3 aliphatic rings. The van der Waals surface area contributed by atoms with Crippen LogP contribution in [0.4, 0.5) is 4.79 Å². The Balaban J connectivity index is 1.83. The SMILES string of the molecule is [B]NPOC(=O)C1=C(CN2CC[C@H](N=C(NC(=O)O)NS(C)(=O)=O)C2)[C@H](C)[C@@H]2C([C@@H](C)O[Si](CC)(CC)CC)C(=O)N12. The zero-order valence-electron chi connectivity index (χ0n) is 25.0. The fraction of sp³-hybridized carbons (Fsp3) is 0.750. The summed E-state index contributed by atoms with van der Waals surface area (Å²) in [6.45, 7) is 11.7. The number of amides is 2. The topological polar surface area (TPSA) is 179 Å². The molecule has 2 amide bonds. The lowest BCUT2D eigenvalue weighted by Gasteiger charge is -2.49. The van der Waals surface area contributed by atoms with Gasteiger partial charge in [-0.15, -0.1) is 0 Å². The number of aliphatic imine (C=N–C) groups is 1. The van der Waals surface area contributed by atoms with Crippen LogP contribution in [0.5, 0.6) is 0 Å². The monoisotopic (exact) mass is 644 g/mol. The van der Waals surface area contributed by atoms with Crippen LogP contribution < -0.4 is 15.0 Å². The maximum Gasteiger partial charge on any atom is 0.411 e. The van der Waals surface area contributed by atoms with Crippen molar-refractivity contribution < 1.29 is 36.9 Å². The van der Waals surface area contributed by atoms with Gasteiger partial charge >= 0.3 is 12.1 Å². The third-order valence-electron chi connectivity index (χ3n) is 8.53. The summed E-state index contributed by atoms with van der Waals surface area (Å²) >= 11 is 0. The fourth-order valence-electron chi connectivity index (χ4n) is 6.27. The normalized spacial score (nSPS) is 26.0. The zero-order chi connectivity index (χ0) is 31.4. The van der Waals surface area contributed by atoms with Crippen LogP contribution in [-0.4, -0.2) is 108 Å². The summed E-state index contributed by atoms with van der Waals surface area (Å²) in [6, 6.07) is 2.26. The van der Waals surface area contributed by atoms with E-state index in [4.69, 9.17) is 22.0 Å². The van der Waals surface area contributed by atoms with E-state index >= 15 is 0 Å². The predicted octanol–water partition coefficient (Wildman–Crippen LogP) is 1.10. The molecule has 3 heterocycles. The average molecular weight is 645 g/mol. The van der Waals surface area contributed by atoms with Gasteiger partial charge in [0.2, 0.25) is 21.9 Å². The lowest BCUT2D eigenvalue weighted by atomic mass is 9.77. The lowest BCUT2D eigenvalue weighted by molar-refractivity contribution is -0.161. The number of fused-ring (bicyclic) bond motifs is 1. The molecule has 0 saturated carbocycles. The predicted molar refractivity (Wildman–Crippen MR) is 163 cm³/mol. The van der Waals surface area contributed by atoms with E-state index in [1.165, 1.54) is 0 Å². The summed E-state index contributed by atoms with van der Waals surface area (Å²) in [7, 11) is -0.877. The van der Waals surface area contributed by atoms with Gasteiger partial charge in [-0.25, -0.2) is 23.0 Å². The van der Waals surface area contributed by atoms with Gasteiger partial charge in [0, 0.05) is 25.6 Å². The molecule has 42 heavy (non-hydrogen) atoms. The van der Waals surface area contributed by atoms with Crippen molar-refractivity contribution in [2.75, 3.05) is 25.9 Å². The number of nitrogens with one attached hydrogen (secondary N) is 3. The highest BCUT2D eigenvalue weighted by molar-refractivity contribution is 7.89. The van der Waals surface area contributed by atoms with Crippen molar-refractivity contribution in [1.29, 1.82) is 0 Å². The molecule has 3 rings (SSSR count). The summed E-state index contributed by atoms with van der Waals surface area (Å²) in [4.78, 5) is 48.1. The molecule has 0 aromatic heterocycles. The van der Waals surface area contributed by atoms with Gasteiger partial charge in [-0.2, -0.15) is 0 Å². The van der Waals surface area contributed by atoms with Gasteiger partial charge in [-0.1, -0.05) is 27.7 Å². The van der Waals surface area contributed by atoms with E-state index in [1.807, 2.05) is 24.1 Å². The highest BCUT2D eigenvalue weighted by atomic mass is 32.2. The molecule has 0 spiro atoms. The molecule has 0 bridgehead atoms. The summed E-state index contributed by atoms with van der Waals surface area (Å²) in [6.07, 6.45) is -0.293. The summed E-state index contributed by atoms with van der Waals surface area (Å²) in [5.41, 5.74) is 0.996. The Morgan fingerprint density at radius 1 is 1.26 bits per heavy atom. The van der Waals surface area contributed by atoms with E-state index in [9.17, 15) is 22.8 Å². The number of likely N-dealkylation sites (tertiary alicyclic amines) is 1. The van der Waals surface area contributed by atoms with E-state index in [-0.39, 0.29) is 41.5 Å². The van der Waals surface area contributed by atoms with Crippen LogP contribution in [-0.2, 0) is 28.6 Å². The first kappa shape index (κ1) is 34.5. The molecule has 2 unspecified atom stereocenters. The molecule has 4 N–H and O–H groups in total.